The minimum atomic E-state index is -3.51. The zero-order valence-corrected chi connectivity index (χ0v) is 11.2. The molecule has 2 atom stereocenters. The van der Waals surface area contributed by atoms with E-state index in [-0.39, 0.29) is 16.4 Å². The third-order valence-corrected chi connectivity index (χ3v) is 5.13. The molecule has 96 valence electrons. The number of aromatic nitrogens is 2. The van der Waals surface area contributed by atoms with Gasteiger partial charge >= 0.3 is 0 Å². The van der Waals surface area contributed by atoms with Crippen molar-refractivity contribution in [2.24, 2.45) is 7.05 Å². The number of halogens is 1. The van der Waals surface area contributed by atoms with Crippen LogP contribution in [-0.4, -0.2) is 29.6 Å². The van der Waals surface area contributed by atoms with Gasteiger partial charge in [0.2, 0.25) is 0 Å². The average molecular weight is 278 g/mol. The maximum Gasteiger partial charge on any atom is 0.258 e. The van der Waals surface area contributed by atoms with Crippen molar-refractivity contribution >= 4 is 21.6 Å². The van der Waals surface area contributed by atoms with Crippen molar-refractivity contribution in [2.75, 3.05) is 0 Å². The maximum absolute atomic E-state index is 12.1. The topological polar surface area (TPSA) is 64.0 Å². The second kappa shape index (κ2) is 4.96. The van der Waals surface area contributed by atoms with Crippen molar-refractivity contribution in [1.29, 1.82) is 0 Å². The van der Waals surface area contributed by atoms with Gasteiger partial charge in [0.05, 0.1) is 6.20 Å². The van der Waals surface area contributed by atoms with Crippen LogP contribution in [0.2, 0.25) is 0 Å². The molecule has 5 nitrogen and oxygen atoms in total. The van der Waals surface area contributed by atoms with Gasteiger partial charge in [-0.1, -0.05) is 12.8 Å². The van der Waals surface area contributed by atoms with Crippen molar-refractivity contribution in [3.05, 3.63) is 12.3 Å². The van der Waals surface area contributed by atoms with Crippen LogP contribution in [0.4, 0.5) is 0 Å². The van der Waals surface area contributed by atoms with Crippen molar-refractivity contribution in [3.63, 3.8) is 0 Å². The van der Waals surface area contributed by atoms with Gasteiger partial charge in [-0.15, -0.1) is 11.6 Å². The second-order valence-electron chi connectivity index (χ2n) is 4.32. The molecular formula is C10H16ClN3O2S. The summed E-state index contributed by atoms with van der Waals surface area (Å²) in [6.45, 7) is 0. The minimum Gasteiger partial charge on any atom is -0.256 e. The molecular weight excluding hydrogens is 262 g/mol. The van der Waals surface area contributed by atoms with E-state index in [9.17, 15) is 8.42 Å². The van der Waals surface area contributed by atoms with Gasteiger partial charge in [0.1, 0.15) is 0 Å². The van der Waals surface area contributed by atoms with Crippen LogP contribution in [0.3, 0.4) is 0 Å². The maximum atomic E-state index is 12.1. The molecule has 1 fully saturated rings. The highest BCUT2D eigenvalue weighted by atomic mass is 35.5. The zero-order valence-electron chi connectivity index (χ0n) is 9.63. The monoisotopic (exact) mass is 277 g/mol. The molecule has 0 spiro atoms. The molecule has 0 amide bonds. The summed E-state index contributed by atoms with van der Waals surface area (Å²) in [7, 11) is -1.91. The first-order chi connectivity index (χ1) is 8.00. The van der Waals surface area contributed by atoms with Crippen molar-refractivity contribution in [1.82, 2.24) is 14.5 Å². The van der Waals surface area contributed by atoms with E-state index in [1.807, 2.05) is 0 Å². The molecule has 0 aliphatic heterocycles. The Morgan fingerprint density at radius 2 is 2.18 bits per heavy atom. The molecule has 1 heterocycles. The number of sulfonamides is 1. The van der Waals surface area contributed by atoms with Crippen LogP contribution in [-0.2, 0) is 17.1 Å². The Hall–Kier alpha value is -0.590. The van der Waals surface area contributed by atoms with E-state index >= 15 is 0 Å². The summed E-state index contributed by atoms with van der Waals surface area (Å²) in [6, 6.07) is 1.30. The minimum absolute atomic E-state index is 0.119. The fourth-order valence-corrected chi connectivity index (χ4v) is 3.96. The smallest absolute Gasteiger partial charge is 0.256 e. The van der Waals surface area contributed by atoms with Crippen molar-refractivity contribution in [3.8, 4) is 0 Å². The molecule has 1 saturated carbocycles. The van der Waals surface area contributed by atoms with E-state index < -0.39 is 10.0 Å². The lowest BCUT2D eigenvalue weighted by molar-refractivity contribution is 0.417. The summed E-state index contributed by atoms with van der Waals surface area (Å²) in [4.78, 5) is 0. The predicted octanol–water partition coefficient (Wildman–Crippen LogP) is 1.25. The molecule has 0 bridgehead atoms. The summed E-state index contributed by atoms with van der Waals surface area (Å²) in [6.07, 6.45) is 5.21. The van der Waals surface area contributed by atoms with Crippen LogP contribution < -0.4 is 4.72 Å². The number of alkyl halides is 1. The Bertz CT molecular complexity index is 485. The van der Waals surface area contributed by atoms with E-state index in [0.717, 1.165) is 25.7 Å². The van der Waals surface area contributed by atoms with Crippen LogP contribution >= 0.6 is 11.6 Å². The van der Waals surface area contributed by atoms with Gasteiger partial charge in [0.15, 0.2) is 5.03 Å². The zero-order chi connectivity index (χ0) is 12.5. The third-order valence-electron chi connectivity index (χ3n) is 3.04. The van der Waals surface area contributed by atoms with E-state index in [1.54, 1.807) is 7.05 Å². The molecule has 1 aliphatic rings. The van der Waals surface area contributed by atoms with Gasteiger partial charge in [-0.2, -0.15) is 5.10 Å². The third kappa shape index (κ3) is 2.81. The molecule has 1 aliphatic carbocycles. The molecule has 0 aromatic carbocycles. The molecule has 1 aromatic heterocycles. The van der Waals surface area contributed by atoms with Gasteiger partial charge in [-0.05, 0) is 18.9 Å². The van der Waals surface area contributed by atoms with Gasteiger partial charge < -0.3 is 0 Å². The Morgan fingerprint density at radius 1 is 1.47 bits per heavy atom. The fourth-order valence-electron chi connectivity index (χ4n) is 2.10. The number of hydrogen-bond acceptors (Lipinski definition) is 3. The first kappa shape index (κ1) is 12.9. The molecule has 7 heteroatoms. The van der Waals surface area contributed by atoms with Gasteiger partial charge in [-0.3, -0.25) is 4.68 Å². The molecule has 2 unspecified atom stereocenters. The molecule has 0 saturated heterocycles. The van der Waals surface area contributed by atoms with Crippen molar-refractivity contribution in [2.45, 2.75) is 42.1 Å². The lowest BCUT2D eigenvalue weighted by Gasteiger charge is -2.27. The van der Waals surface area contributed by atoms with Gasteiger partial charge in [0, 0.05) is 18.5 Å². The molecule has 2 rings (SSSR count). The first-order valence-corrected chi connectivity index (χ1v) is 7.57. The van der Waals surface area contributed by atoms with E-state index in [1.165, 1.54) is 16.9 Å². The Labute approximate surface area is 106 Å². The summed E-state index contributed by atoms with van der Waals surface area (Å²) < 4.78 is 28.2. The highest BCUT2D eigenvalue weighted by Gasteiger charge is 2.29. The number of hydrogen-bond donors (Lipinski definition) is 1. The molecule has 0 radical (unpaired) electrons. The highest BCUT2D eigenvalue weighted by Crippen LogP contribution is 2.24. The summed E-state index contributed by atoms with van der Waals surface area (Å²) >= 11 is 6.14. The van der Waals surface area contributed by atoms with Crippen LogP contribution in [0.5, 0.6) is 0 Å². The second-order valence-corrected chi connectivity index (χ2v) is 6.54. The quantitative estimate of drug-likeness (QED) is 0.846. The SMILES string of the molecule is Cn1nccc1S(=O)(=O)NC1CCCCC1Cl. The van der Waals surface area contributed by atoms with Crippen molar-refractivity contribution < 1.29 is 8.42 Å². The van der Waals surface area contributed by atoms with Crippen LogP contribution in [0.25, 0.3) is 0 Å². The number of nitrogens with one attached hydrogen (secondary N) is 1. The fraction of sp³-hybridized carbons (Fsp3) is 0.700. The lowest BCUT2D eigenvalue weighted by atomic mass is 9.96. The van der Waals surface area contributed by atoms with Crippen LogP contribution in [0.15, 0.2) is 17.3 Å². The molecule has 17 heavy (non-hydrogen) atoms. The predicted molar refractivity (Wildman–Crippen MR) is 65.4 cm³/mol. The Balaban J connectivity index is 2.15. The average Bonchev–Trinajstić information content (AvgIpc) is 2.68. The summed E-state index contributed by atoms with van der Waals surface area (Å²) in [5.74, 6) is 0. The van der Waals surface area contributed by atoms with E-state index in [0.29, 0.717) is 0 Å². The standard InChI is InChI=1S/C10H16ClN3O2S/c1-14-10(6-7-12-14)17(15,16)13-9-5-3-2-4-8(9)11/h6-9,13H,2-5H2,1H3. The Morgan fingerprint density at radius 3 is 2.76 bits per heavy atom. The van der Waals surface area contributed by atoms with E-state index in [2.05, 4.69) is 9.82 Å². The molecule has 1 aromatic rings. The van der Waals surface area contributed by atoms with E-state index in [4.69, 9.17) is 11.6 Å². The largest absolute Gasteiger partial charge is 0.258 e. The summed E-state index contributed by atoms with van der Waals surface area (Å²) in [5, 5.41) is 3.91. The lowest BCUT2D eigenvalue weighted by Crippen LogP contribution is -2.43. The highest BCUT2D eigenvalue weighted by molar-refractivity contribution is 7.89. The normalized spacial score (nSPS) is 26.0. The number of nitrogens with zero attached hydrogens (tertiary/aromatic N) is 2. The van der Waals surface area contributed by atoms with Gasteiger partial charge in [0.25, 0.3) is 10.0 Å². The van der Waals surface area contributed by atoms with Gasteiger partial charge in [-0.25, -0.2) is 13.1 Å². The number of rotatable bonds is 3. The first-order valence-electron chi connectivity index (χ1n) is 5.65. The van der Waals surface area contributed by atoms with Crippen LogP contribution in [0, 0.1) is 0 Å². The van der Waals surface area contributed by atoms with Crippen LogP contribution in [0.1, 0.15) is 25.7 Å². The summed E-state index contributed by atoms with van der Waals surface area (Å²) in [5.41, 5.74) is 0. The Kier molecular flexibility index (Phi) is 3.75. The number of aryl methyl sites for hydroxylation is 1. The molecule has 1 N–H and O–H groups in total.